The largest absolute Gasteiger partial charge is 0.358 e. The van der Waals surface area contributed by atoms with Gasteiger partial charge in [-0.15, -0.1) is 0 Å². The smallest absolute Gasteiger partial charge is 0.0459 e. The molecule has 19 heavy (non-hydrogen) atoms. The third-order valence-corrected chi connectivity index (χ3v) is 3.93. The van der Waals surface area contributed by atoms with E-state index in [0.717, 1.165) is 13.0 Å². The third-order valence-electron chi connectivity index (χ3n) is 3.93. The van der Waals surface area contributed by atoms with Crippen LogP contribution in [-0.4, -0.2) is 30.5 Å². The molecule has 2 aromatic rings. The first-order valence-electron chi connectivity index (χ1n) is 6.98. The van der Waals surface area contributed by atoms with E-state index in [1.165, 1.54) is 22.2 Å². The number of aromatic nitrogens is 1. The molecule has 0 saturated heterocycles. The van der Waals surface area contributed by atoms with Crippen LogP contribution in [0, 0.1) is 12.8 Å². The molecule has 104 valence electrons. The van der Waals surface area contributed by atoms with E-state index in [1.54, 1.807) is 0 Å². The van der Waals surface area contributed by atoms with Crippen molar-refractivity contribution < 1.29 is 0 Å². The van der Waals surface area contributed by atoms with Crippen molar-refractivity contribution in [3.8, 4) is 0 Å². The summed E-state index contributed by atoms with van der Waals surface area (Å²) in [6.45, 7) is 5.13. The van der Waals surface area contributed by atoms with E-state index in [1.807, 2.05) is 0 Å². The lowest BCUT2D eigenvalue weighted by Gasteiger charge is -2.27. The second-order valence-corrected chi connectivity index (χ2v) is 5.77. The Labute approximate surface area is 115 Å². The van der Waals surface area contributed by atoms with E-state index >= 15 is 0 Å². The molecule has 0 radical (unpaired) electrons. The number of hydrogen-bond donors (Lipinski definition) is 2. The molecule has 0 aliphatic rings. The zero-order chi connectivity index (χ0) is 14.0. The van der Waals surface area contributed by atoms with Crippen molar-refractivity contribution in [3.63, 3.8) is 0 Å². The molecule has 0 fully saturated rings. The minimum atomic E-state index is 0.412. The highest BCUT2D eigenvalue weighted by atomic mass is 15.1. The van der Waals surface area contributed by atoms with Crippen molar-refractivity contribution in [1.82, 2.24) is 9.88 Å². The fourth-order valence-corrected chi connectivity index (χ4v) is 2.79. The number of fused-ring (bicyclic) bond motifs is 1. The summed E-state index contributed by atoms with van der Waals surface area (Å²) in [6, 6.07) is 8.95. The molecule has 0 aliphatic heterocycles. The first kappa shape index (κ1) is 14.1. The second-order valence-electron chi connectivity index (χ2n) is 5.77. The highest BCUT2D eigenvalue weighted by Gasteiger charge is 2.22. The molecule has 3 N–H and O–H groups in total. The molecule has 1 aromatic carbocycles. The van der Waals surface area contributed by atoms with Crippen LogP contribution in [0.1, 0.15) is 30.6 Å². The summed E-state index contributed by atoms with van der Waals surface area (Å²) in [5.41, 5.74) is 9.71. The van der Waals surface area contributed by atoms with Crippen LogP contribution in [0.4, 0.5) is 0 Å². The molecule has 0 bridgehead atoms. The Kier molecular flexibility index (Phi) is 4.27. The predicted molar refractivity (Wildman–Crippen MR) is 82.3 cm³/mol. The fraction of sp³-hybridized carbons (Fsp3) is 0.500. The molecule has 2 atom stereocenters. The maximum atomic E-state index is 5.80. The normalized spacial score (nSPS) is 15.1. The van der Waals surface area contributed by atoms with Crippen LogP contribution < -0.4 is 5.73 Å². The van der Waals surface area contributed by atoms with Gasteiger partial charge in [-0.1, -0.05) is 25.1 Å². The Morgan fingerprint density at radius 3 is 2.58 bits per heavy atom. The number of aryl methyl sites for hydroxylation is 1. The lowest BCUT2D eigenvalue weighted by atomic mass is 9.93. The highest BCUT2D eigenvalue weighted by Crippen LogP contribution is 2.34. The van der Waals surface area contributed by atoms with E-state index in [4.69, 9.17) is 5.73 Å². The van der Waals surface area contributed by atoms with Gasteiger partial charge < -0.3 is 15.6 Å². The molecule has 0 amide bonds. The molecule has 0 aliphatic carbocycles. The minimum absolute atomic E-state index is 0.412. The summed E-state index contributed by atoms with van der Waals surface area (Å²) in [4.78, 5) is 5.80. The average molecular weight is 259 g/mol. The lowest BCUT2D eigenvalue weighted by Crippen LogP contribution is -2.25. The number of hydrogen-bond acceptors (Lipinski definition) is 2. The van der Waals surface area contributed by atoms with Crippen LogP contribution in [0.15, 0.2) is 24.3 Å². The van der Waals surface area contributed by atoms with Gasteiger partial charge in [0.05, 0.1) is 0 Å². The van der Waals surface area contributed by atoms with Gasteiger partial charge in [-0.2, -0.15) is 0 Å². The van der Waals surface area contributed by atoms with Gasteiger partial charge in [0.15, 0.2) is 0 Å². The molecule has 0 spiro atoms. The zero-order valence-electron chi connectivity index (χ0n) is 12.4. The van der Waals surface area contributed by atoms with Gasteiger partial charge in [-0.3, -0.25) is 0 Å². The number of nitrogens with one attached hydrogen (secondary N) is 1. The summed E-state index contributed by atoms with van der Waals surface area (Å²) < 4.78 is 0. The Bertz CT molecular complexity index is 542. The lowest BCUT2D eigenvalue weighted by molar-refractivity contribution is 0.256. The highest BCUT2D eigenvalue weighted by molar-refractivity contribution is 5.85. The summed E-state index contributed by atoms with van der Waals surface area (Å²) >= 11 is 0. The van der Waals surface area contributed by atoms with Crippen molar-refractivity contribution in [2.75, 3.05) is 20.6 Å². The van der Waals surface area contributed by atoms with Gasteiger partial charge in [0.2, 0.25) is 0 Å². The summed E-state index contributed by atoms with van der Waals surface area (Å²) in [5, 5.41) is 1.34. The van der Waals surface area contributed by atoms with Gasteiger partial charge in [-0.05, 0) is 51.5 Å². The Balaban J connectivity index is 2.46. The topological polar surface area (TPSA) is 45.1 Å². The van der Waals surface area contributed by atoms with Gasteiger partial charge in [0.25, 0.3) is 0 Å². The van der Waals surface area contributed by atoms with Crippen LogP contribution >= 0.6 is 0 Å². The van der Waals surface area contributed by atoms with Crippen LogP contribution in [0.5, 0.6) is 0 Å². The number of nitrogens with zero attached hydrogens (tertiary/aromatic N) is 1. The van der Waals surface area contributed by atoms with E-state index in [-0.39, 0.29) is 0 Å². The predicted octanol–water partition coefficient (Wildman–Crippen LogP) is 3.06. The summed E-state index contributed by atoms with van der Waals surface area (Å²) in [7, 11) is 4.30. The van der Waals surface area contributed by atoms with Gasteiger partial charge in [0, 0.05) is 22.6 Å². The number of rotatable bonds is 5. The van der Waals surface area contributed by atoms with Crippen molar-refractivity contribution in [3.05, 3.63) is 35.5 Å². The minimum Gasteiger partial charge on any atom is -0.358 e. The number of aromatic amines is 1. The van der Waals surface area contributed by atoms with Crippen LogP contribution in [0.2, 0.25) is 0 Å². The fourth-order valence-electron chi connectivity index (χ4n) is 2.79. The molecule has 3 heteroatoms. The second kappa shape index (κ2) is 5.76. The molecule has 3 nitrogen and oxygen atoms in total. The zero-order valence-corrected chi connectivity index (χ0v) is 12.4. The monoisotopic (exact) mass is 259 g/mol. The quantitative estimate of drug-likeness (QED) is 0.867. The third kappa shape index (κ3) is 2.82. The first-order valence-corrected chi connectivity index (χ1v) is 6.98. The van der Waals surface area contributed by atoms with E-state index in [2.05, 4.69) is 62.1 Å². The van der Waals surface area contributed by atoms with Gasteiger partial charge in [-0.25, -0.2) is 0 Å². The summed E-state index contributed by atoms with van der Waals surface area (Å²) in [5.74, 6) is 0.528. The molecule has 2 unspecified atom stereocenters. The Hall–Kier alpha value is -1.32. The van der Waals surface area contributed by atoms with Crippen molar-refractivity contribution in [2.45, 2.75) is 26.3 Å². The average Bonchev–Trinajstić information content (AvgIpc) is 2.71. The van der Waals surface area contributed by atoms with Crippen molar-refractivity contribution >= 4 is 10.9 Å². The number of benzene rings is 1. The molecular formula is C16H25N3. The maximum Gasteiger partial charge on any atom is 0.0459 e. The van der Waals surface area contributed by atoms with E-state index in [0.29, 0.717) is 12.0 Å². The van der Waals surface area contributed by atoms with E-state index in [9.17, 15) is 0 Å². The number of H-pyrrole nitrogens is 1. The molecule has 1 heterocycles. The van der Waals surface area contributed by atoms with Crippen LogP contribution in [0.25, 0.3) is 10.9 Å². The standard InChI is InChI=1S/C16H25N3/c1-11(10-17)9-15(19(3)4)16-12(2)18-14-8-6-5-7-13(14)16/h5-8,11,15,18H,9-10,17H2,1-4H3. The van der Waals surface area contributed by atoms with Gasteiger partial charge in [0.1, 0.15) is 0 Å². The molecular weight excluding hydrogens is 234 g/mol. The Morgan fingerprint density at radius 2 is 1.95 bits per heavy atom. The number of nitrogens with two attached hydrogens (primary N) is 1. The molecule has 2 rings (SSSR count). The van der Waals surface area contributed by atoms with Gasteiger partial charge >= 0.3 is 0 Å². The van der Waals surface area contributed by atoms with Crippen LogP contribution in [0.3, 0.4) is 0 Å². The maximum absolute atomic E-state index is 5.80. The van der Waals surface area contributed by atoms with Crippen molar-refractivity contribution in [1.29, 1.82) is 0 Å². The van der Waals surface area contributed by atoms with Crippen molar-refractivity contribution in [2.24, 2.45) is 11.7 Å². The Morgan fingerprint density at radius 1 is 1.26 bits per heavy atom. The van der Waals surface area contributed by atoms with E-state index < -0.39 is 0 Å². The molecule has 1 aromatic heterocycles. The summed E-state index contributed by atoms with van der Waals surface area (Å²) in [6.07, 6.45) is 1.09. The SMILES string of the molecule is Cc1[nH]c2ccccc2c1C(CC(C)CN)N(C)C. The first-order chi connectivity index (χ1) is 9.04. The number of para-hydroxylation sites is 1. The van der Waals surface area contributed by atoms with Crippen LogP contribution in [-0.2, 0) is 0 Å². The molecule has 0 saturated carbocycles.